The summed E-state index contributed by atoms with van der Waals surface area (Å²) in [5.74, 6) is -0.138. The number of carbonyl (C=O) groups is 1. The SMILES string of the molecule is CCc1ccc(/C=C2\SC(=NCCO)NC2=O)cc1. The molecule has 1 amide bonds. The Morgan fingerprint density at radius 1 is 1.37 bits per heavy atom. The van der Waals surface area contributed by atoms with Crippen LogP contribution in [0.4, 0.5) is 0 Å². The van der Waals surface area contributed by atoms with Crippen LogP contribution < -0.4 is 5.32 Å². The zero-order valence-corrected chi connectivity index (χ0v) is 11.5. The van der Waals surface area contributed by atoms with Crippen molar-refractivity contribution < 1.29 is 9.90 Å². The molecule has 0 radical (unpaired) electrons. The molecular weight excluding hydrogens is 260 g/mol. The Bertz CT molecular complexity index is 521. The van der Waals surface area contributed by atoms with E-state index in [4.69, 9.17) is 5.11 Å². The van der Waals surface area contributed by atoms with E-state index in [2.05, 4.69) is 29.4 Å². The van der Waals surface area contributed by atoms with Gasteiger partial charge in [0.15, 0.2) is 5.17 Å². The molecule has 0 bridgehead atoms. The first-order valence-corrected chi connectivity index (χ1v) is 6.99. The Morgan fingerprint density at radius 3 is 2.74 bits per heavy atom. The van der Waals surface area contributed by atoms with Gasteiger partial charge in [-0.1, -0.05) is 31.2 Å². The highest BCUT2D eigenvalue weighted by Gasteiger charge is 2.23. The van der Waals surface area contributed by atoms with E-state index < -0.39 is 0 Å². The van der Waals surface area contributed by atoms with Gasteiger partial charge in [0, 0.05) is 0 Å². The van der Waals surface area contributed by atoms with Gasteiger partial charge < -0.3 is 10.4 Å². The van der Waals surface area contributed by atoms with Crippen molar-refractivity contribution in [3.63, 3.8) is 0 Å². The predicted octanol–water partition coefficient (Wildman–Crippen LogP) is 1.80. The van der Waals surface area contributed by atoms with Crippen molar-refractivity contribution in [2.45, 2.75) is 13.3 Å². The first kappa shape index (κ1) is 13.8. The lowest BCUT2D eigenvalue weighted by Gasteiger charge is -1.98. The van der Waals surface area contributed by atoms with Crippen LogP contribution in [0, 0.1) is 0 Å². The van der Waals surface area contributed by atoms with Crippen LogP contribution >= 0.6 is 11.8 Å². The number of nitrogens with one attached hydrogen (secondary N) is 1. The van der Waals surface area contributed by atoms with E-state index in [1.54, 1.807) is 0 Å². The number of rotatable bonds is 4. The number of nitrogens with zero attached hydrogens (tertiary/aromatic N) is 1. The van der Waals surface area contributed by atoms with Crippen LogP contribution in [-0.2, 0) is 11.2 Å². The third-order valence-corrected chi connectivity index (χ3v) is 3.64. The maximum absolute atomic E-state index is 11.7. The number of benzene rings is 1. The Hall–Kier alpha value is -1.59. The summed E-state index contributed by atoms with van der Waals surface area (Å²) in [5.41, 5.74) is 2.27. The molecule has 0 aromatic heterocycles. The highest BCUT2D eigenvalue weighted by Crippen LogP contribution is 2.25. The van der Waals surface area contributed by atoms with Gasteiger partial charge in [-0.2, -0.15) is 0 Å². The molecule has 0 spiro atoms. The van der Waals surface area contributed by atoms with E-state index in [9.17, 15) is 4.79 Å². The van der Waals surface area contributed by atoms with Crippen LogP contribution in [0.1, 0.15) is 18.1 Å². The molecule has 0 unspecified atom stereocenters. The van der Waals surface area contributed by atoms with Crippen molar-refractivity contribution in [1.29, 1.82) is 0 Å². The maximum atomic E-state index is 11.7. The first-order chi connectivity index (χ1) is 9.22. The summed E-state index contributed by atoms with van der Waals surface area (Å²) in [4.78, 5) is 16.4. The van der Waals surface area contributed by atoms with Crippen LogP contribution in [-0.4, -0.2) is 29.3 Å². The fraction of sp³-hybridized carbons (Fsp3) is 0.286. The van der Waals surface area contributed by atoms with Gasteiger partial charge in [-0.3, -0.25) is 9.79 Å². The number of aliphatic hydroxyl groups excluding tert-OH is 1. The van der Waals surface area contributed by atoms with E-state index in [0.29, 0.717) is 16.6 Å². The highest BCUT2D eigenvalue weighted by atomic mass is 32.2. The lowest BCUT2D eigenvalue weighted by molar-refractivity contribution is -0.115. The zero-order valence-electron chi connectivity index (χ0n) is 10.7. The summed E-state index contributed by atoms with van der Waals surface area (Å²) >= 11 is 1.30. The van der Waals surface area contributed by atoms with Gasteiger partial charge >= 0.3 is 0 Å². The van der Waals surface area contributed by atoms with E-state index in [1.807, 2.05) is 18.2 Å². The van der Waals surface area contributed by atoms with Crippen molar-refractivity contribution in [2.75, 3.05) is 13.2 Å². The number of thioether (sulfide) groups is 1. The standard InChI is InChI=1S/C14H16N2O2S/c1-2-10-3-5-11(6-4-10)9-12-13(18)16-14(19-12)15-7-8-17/h3-6,9,17H,2,7-8H2,1H3,(H,15,16,18)/b12-9-. The smallest absolute Gasteiger partial charge is 0.264 e. The Balaban J connectivity index is 2.12. The Kier molecular flexibility index (Phi) is 4.76. The average molecular weight is 276 g/mol. The second kappa shape index (κ2) is 6.54. The number of aryl methyl sites for hydroxylation is 1. The summed E-state index contributed by atoms with van der Waals surface area (Å²) in [6.45, 7) is 2.40. The molecule has 0 saturated carbocycles. The zero-order chi connectivity index (χ0) is 13.7. The highest BCUT2D eigenvalue weighted by molar-refractivity contribution is 8.18. The molecule has 19 heavy (non-hydrogen) atoms. The minimum absolute atomic E-state index is 0.0164. The summed E-state index contributed by atoms with van der Waals surface area (Å²) in [5, 5.41) is 11.9. The fourth-order valence-electron chi connectivity index (χ4n) is 1.65. The predicted molar refractivity (Wildman–Crippen MR) is 78.9 cm³/mol. The molecule has 5 heteroatoms. The summed E-state index contributed by atoms with van der Waals surface area (Å²) in [6, 6.07) is 8.13. The van der Waals surface area contributed by atoms with Gasteiger partial charge in [0.1, 0.15) is 0 Å². The third-order valence-electron chi connectivity index (χ3n) is 2.69. The lowest BCUT2D eigenvalue weighted by Crippen LogP contribution is -2.20. The molecule has 100 valence electrons. The molecule has 0 aliphatic carbocycles. The molecule has 1 aliphatic rings. The van der Waals surface area contributed by atoms with Crippen molar-refractivity contribution in [3.8, 4) is 0 Å². The van der Waals surface area contributed by atoms with Crippen molar-refractivity contribution >= 4 is 28.9 Å². The summed E-state index contributed by atoms with van der Waals surface area (Å²) < 4.78 is 0. The molecule has 1 aromatic carbocycles. The number of amidine groups is 1. The monoisotopic (exact) mass is 276 g/mol. The van der Waals surface area contributed by atoms with E-state index in [-0.39, 0.29) is 12.5 Å². The Morgan fingerprint density at radius 2 is 2.11 bits per heavy atom. The first-order valence-electron chi connectivity index (χ1n) is 6.18. The van der Waals surface area contributed by atoms with Crippen LogP contribution in [0.5, 0.6) is 0 Å². The van der Waals surface area contributed by atoms with E-state index in [0.717, 1.165) is 12.0 Å². The van der Waals surface area contributed by atoms with E-state index >= 15 is 0 Å². The number of hydrogen-bond donors (Lipinski definition) is 2. The topological polar surface area (TPSA) is 61.7 Å². The molecule has 1 saturated heterocycles. The van der Waals surface area contributed by atoms with E-state index in [1.165, 1.54) is 17.3 Å². The average Bonchev–Trinajstić information content (AvgIpc) is 2.78. The van der Waals surface area contributed by atoms with Gasteiger partial charge in [-0.05, 0) is 35.4 Å². The molecule has 0 atom stereocenters. The number of aliphatic hydroxyl groups is 1. The third kappa shape index (κ3) is 3.68. The lowest BCUT2D eigenvalue weighted by atomic mass is 10.1. The van der Waals surface area contributed by atoms with Gasteiger partial charge in [-0.25, -0.2) is 0 Å². The number of amides is 1. The van der Waals surface area contributed by atoms with Crippen LogP contribution in [0.3, 0.4) is 0 Å². The summed E-state index contributed by atoms with van der Waals surface area (Å²) in [6.07, 6.45) is 2.85. The molecule has 1 aromatic rings. The number of hydrogen-bond acceptors (Lipinski definition) is 4. The van der Waals surface area contributed by atoms with Crippen LogP contribution in [0.15, 0.2) is 34.2 Å². The Labute approximate surface area is 116 Å². The fourth-order valence-corrected chi connectivity index (χ4v) is 2.50. The van der Waals surface area contributed by atoms with Crippen LogP contribution in [0.2, 0.25) is 0 Å². The molecule has 1 heterocycles. The molecule has 2 rings (SSSR count). The second-order valence-electron chi connectivity index (χ2n) is 4.07. The molecule has 1 fully saturated rings. The van der Waals surface area contributed by atoms with Gasteiger partial charge in [0.25, 0.3) is 5.91 Å². The number of carbonyl (C=O) groups excluding carboxylic acids is 1. The second-order valence-corrected chi connectivity index (χ2v) is 5.10. The maximum Gasteiger partial charge on any atom is 0.264 e. The van der Waals surface area contributed by atoms with Crippen LogP contribution in [0.25, 0.3) is 6.08 Å². The molecule has 4 nitrogen and oxygen atoms in total. The molecule has 2 N–H and O–H groups in total. The van der Waals surface area contributed by atoms with Crippen molar-refractivity contribution in [1.82, 2.24) is 5.32 Å². The van der Waals surface area contributed by atoms with Crippen molar-refractivity contribution in [2.24, 2.45) is 4.99 Å². The van der Waals surface area contributed by atoms with Gasteiger partial charge in [-0.15, -0.1) is 0 Å². The molecule has 1 aliphatic heterocycles. The molecular formula is C14H16N2O2S. The largest absolute Gasteiger partial charge is 0.394 e. The van der Waals surface area contributed by atoms with Gasteiger partial charge in [0.2, 0.25) is 0 Å². The van der Waals surface area contributed by atoms with Crippen molar-refractivity contribution in [3.05, 3.63) is 40.3 Å². The minimum Gasteiger partial charge on any atom is -0.394 e. The number of aliphatic imine (C=N–C) groups is 1. The summed E-state index contributed by atoms with van der Waals surface area (Å²) in [7, 11) is 0. The normalized spacial score (nSPS) is 19.2. The quantitative estimate of drug-likeness (QED) is 0.824. The van der Waals surface area contributed by atoms with Gasteiger partial charge in [0.05, 0.1) is 18.1 Å². The minimum atomic E-state index is -0.138.